The minimum absolute atomic E-state index is 0.0903. The van der Waals surface area contributed by atoms with E-state index in [0.717, 1.165) is 6.07 Å². The molecule has 0 spiro atoms. The predicted octanol–water partition coefficient (Wildman–Crippen LogP) is 2.51. The molecule has 1 aromatic carbocycles. The van der Waals surface area contributed by atoms with Crippen molar-refractivity contribution < 1.29 is 18.7 Å². The Balaban J connectivity index is 3.26. The Morgan fingerprint density at radius 2 is 1.81 bits per heavy atom. The lowest BCUT2D eigenvalue weighted by Crippen LogP contribution is -2.23. The van der Waals surface area contributed by atoms with Crippen molar-refractivity contribution in [3.05, 3.63) is 29.3 Å². The van der Waals surface area contributed by atoms with E-state index in [-0.39, 0.29) is 5.69 Å². The number of hydrogen-bond donors (Lipinski definition) is 1. The van der Waals surface area contributed by atoms with Gasteiger partial charge in [-0.1, -0.05) is 0 Å². The maximum absolute atomic E-state index is 13.6. The monoisotopic (exact) mass is 229 g/mol. The summed E-state index contributed by atoms with van der Waals surface area (Å²) >= 11 is 0. The molecule has 0 aromatic heterocycles. The van der Waals surface area contributed by atoms with E-state index in [4.69, 9.17) is 5.11 Å². The van der Waals surface area contributed by atoms with Crippen molar-refractivity contribution in [2.45, 2.75) is 13.8 Å². The maximum Gasteiger partial charge on any atom is 0.338 e. The van der Waals surface area contributed by atoms with Gasteiger partial charge in [-0.05, 0) is 26.0 Å². The van der Waals surface area contributed by atoms with E-state index >= 15 is 0 Å². The van der Waals surface area contributed by atoms with Gasteiger partial charge in [-0.3, -0.25) is 0 Å². The number of carbonyl (C=O) groups is 1. The average Bonchev–Trinajstić information content (AvgIpc) is 2.25. The van der Waals surface area contributed by atoms with E-state index in [1.165, 1.54) is 6.07 Å². The summed E-state index contributed by atoms with van der Waals surface area (Å²) < 4.78 is 26.9. The Morgan fingerprint density at radius 3 is 2.25 bits per heavy atom. The van der Waals surface area contributed by atoms with E-state index in [0.29, 0.717) is 13.1 Å². The SMILES string of the molecule is CCN(CC)c1ccc(C(=O)O)c(F)c1F. The first-order chi connectivity index (χ1) is 7.52. The topological polar surface area (TPSA) is 40.5 Å². The van der Waals surface area contributed by atoms with Gasteiger partial charge in [0.15, 0.2) is 11.6 Å². The highest BCUT2D eigenvalue weighted by Gasteiger charge is 2.19. The van der Waals surface area contributed by atoms with Crippen LogP contribution in [-0.4, -0.2) is 24.2 Å². The van der Waals surface area contributed by atoms with E-state index < -0.39 is 23.2 Å². The molecule has 3 nitrogen and oxygen atoms in total. The van der Waals surface area contributed by atoms with Crippen LogP contribution in [0.15, 0.2) is 12.1 Å². The van der Waals surface area contributed by atoms with E-state index in [1.807, 2.05) is 13.8 Å². The molecule has 0 aliphatic heterocycles. The number of carboxylic acid groups (broad SMARTS) is 1. The standard InChI is InChI=1S/C11H13F2NO2/c1-3-14(4-2)8-6-5-7(11(15)16)9(12)10(8)13/h5-6H,3-4H2,1-2H3,(H,15,16). The van der Waals surface area contributed by atoms with Crippen molar-refractivity contribution in [1.82, 2.24) is 0 Å². The molecule has 0 bridgehead atoms. The van der Waals surface area contributed by atoms with Gasteiger partial charge in [0.1, 0.15) is 0 Å². The van der Waals surface area contributed by atoms with Crippen LogP contribution in [-0.2, 0) is 0 Å². The van der Waals surface area contributed by atoms with Gasteiger partial charge in [0.25, 0.3) is 0 Å². The largest absolute Gasteiger partial charge is 0.478 e. The fourth-order valence-electron chi connectivity index (χ4n) is 1.51. The highest BCUT2D eigenvalue weighted by molar-refractivity contribution is 5.88. The molecule has 88 valence electrons. The highest BCUT2D eigenvalue weighted by Crippen LogP contribution is 2.24. The molecule has 1 N–H and O–H groups in total. The summed E-state index contributed by atoms with van der Waals surface area (Å²) in [5.41, 5.74) is -0.555. The molecule has 0 atom stereocenters. The number of carboxylic acids is 1. The number of hydrogen-bond acceptors (Lipinski definition) is 2. The van der Waals surface area contributed by atoms with Crippen molar-refractivity contribution in [3.8, 4) is 0 Å². The molecular formula is C11H13F2NO2. The van der Waals surface area contributed by atoms with Crippen LogP contribution in [0.4, 0.5) is 14.5 Å². The summed E-state index contributed by atoms with van der Waals surface area (Å²) in [5.74, 6) is -3.89. The van der Waals surface area contributed by atoms with Crippen LogP contribution in [0.3, 0.4) is 0 Å². The molecule has 16 heavy (non-hydrogen) atoms. The minimum Gasteiger partial charge on any atom is -0.478 e. The van der Waals surface area contributed by atoms with Crippen LogP contribution in [0.25, 0.3) is 0 Å². The number of rotatable bonds is 4. The first kappa shape index (κ1) is 12.4. The second-order valence-corrected chi connectivity index (χ2v) is 3.24. The third kappa shape index (κ3) is 2.13. The summed E-state index contributed by atoms with van der Waals surface area (Å²) in [5, 5.41) is 8.61. The normalized spacial score (nSPS) is 10.2. The molecule has 0 saturated heterocycles. The van der Waals surface area contributed by atoms with Crippen molar-refractivity contribution in [3.63, 3.8) is 0 Å². The van der Waals surface area contributed by atoms with Gasteiger partial charge in [-0.15, -0.1) is 0 Å². The van der Waals surface area contributed by atoms with Crippen LogP contribution < -0.4 is 4.90 Å². The van der Waals surface area contributed by atoms with Crippen molar-refractivity contribution in [2.75, 3.05) is 18.0 Å². The Labute approximate surface area is 92.3 Å². The van der Waals surface area contributed by atoms with Gasteiger partial charge in [0, 0.05) is 13.1 Å². The predicted molar refractivity (Wildman–Crippen MR) is 56.9 cm³/mol. The fraction of sp³-hybridized carbons (Fsp3) is 0.364. The van der Waals surface area contributed by atoms with Crippen molar-refractivity contribution in [2.24, 2.45) is 0 Å². The van der Waals surface area contributed by atoms with Crippen molar-refractivity contribution >= 4 is 11.7 Å². The second kappa shape index (κ2) is 4.92. The highest BCUT2D eigenvalue weighted by atomic mass is 19.2. The molecule has 0 unspecified atom stereocenters. The molecule has 0 aliphatic rings. The van der Waals surface area contributed by atoms with E-state index in [9.17, 15) is 13.6 Å². The maximum atomic E-state index is 13.6. The zero-order valence-corrected chi connectivity index (χ0v) is 9.13. The molecule has 0 amide bonds. The Kier molecular flexibility index (Phi) is 3.82. The lowest BCUT2D eigenvalue weighted by molar-refractivity contribution is 0.0690. The number of aromatic carboxylic acids is 1. The first-order valence-electron chi connectivity index (χ1n) is 4.99. The van der Waals surface area contributed by atoms with Crippen molar-refractivity contribution in [1.29, 1.82) is 0 Å². The number of nitrogens with zero attached hydrogens (tertiary/aromatic N) is 1. The summed E-state index contributed by atoms with van der Waals surface area (Å²) in [4.78, 5) is 12.2. The lowest BCUT2D eigenvalue weighted by atomic mass is 10.1. The molecule has 5 heteroatoms. The summed E-state index contributed by atoms with van der Waals surface area (Å²) in [6.45, 7) is 4.68. The molecule has 0 fully saturated rings. The molecule has 1 rings (SSSR count). The van der Waals surface area contributed by atoms with Crippen LogP contribution in [0, 0.1) is 11.6 Å². The van der Waals surface area contributed by atoms with Gasteiger partial charge in [-0.2, -0.15) is 0 Å². The zero-order valence-electron chi connectivity index (χ0n) is 9.13. The van der Waals surface area contributed by atoms with Crippen LogP contribution in [0.2, 0.25) is 0 Å². The lowest BCUT2D eigenvalue weighted by Gasteiger charge is -2.21. The van der Waals surface area contributed by atoms with Crippen LogP contribution >= 0.6 is 0 Å². The molecule has 0 heterocycles. The second-order valence-electron chi connectivity index (χ2n) is 3.24. The average molecular weight is 229 g/mol. The molecular weight excluding hydrogens is 216 g/mol. The first-order valence-corrected chi connectivity index (χ1v) is 4.99. The molecule has 1 aromatic rings. The summed E-state index contributed by atoms with van der Waals surface area (Å²) in [6, 6.07) is 2.36. The number of benzene rings is 1. The van der Waals surface area contributed by atoms with Crippen LogP contribution in [0.5, 0.6) is 0 Å². The van der Waals surface area contributed by atoms with Crippen LogP contribution in [0.1, 0.15) is 24.2 Å². The number of halogens is 2. The zero-order chi connectivity index (χ0) is 12.3. The third-order valence-corrected chi connectivity index (χ3v) is 2.40. The van der Waals surface area contributed by atoms with E-state index in [1.54, 1.807) is 4.90 Å². The quantitative estimate of drug-likeness (QED) is 0.862. The molecule has 0 saturated carbocycles. The molecule has 0 aliphatic carbocycles. The third-order valence-electron chi connectivity index (χ3n) is 2.40. The van der Waals surface area contributed by atoms with Gasteiger partial charge in [0.05, 0.1) is 11.3 Å². The Hall–Kier alpha value is -1.65. The molecule has 0 radical (unpaired) electrons. The Morgan fingerprint density at radius 1 is 1.25 bits per heavy atom. The fourth-order valence-corrected chi connectivity index (χ4v) is 1.51. The Bertz CT molecular complexity index is 403. The summed E-state index contributed by atoms with van der Waals surface area (Å²) in [6.07, 6.45) is 0. The van der Waals surface area contributed by atoms with Gasteiger partial charge in [-0.25, -0.2) is 13.6 Å². The smallest absolute Gasteiger partial charge is 0.338 e. The minimum atomic E-state index is -1.47. The summed E-state index contributed by atoms with van der Waals surface area (Å²) in [7, 11) is 0. The van der Waals surface area contributed by atoms with Gasteiger partial charge < -0.3 is 10.0 Å². The van der Waals surface area contributed by atoms with E-state index in [2.05, 4.69) is 0 Å². The van der Waals surface area contributed by atoms with Gasteiger partial charge in [0.2, 0.25) is 0 Å². The van der Waals surface area contributed by atoms with Gasteiger partial charge >= 0.3 is 5.97 Å². The number of anilines is 1.